The molecule has 0 unspecified atom stereocenters. The lowest BCUT2D eigenvalue weighted by Gasteiger charge is -2.09. The number of halogens is 2. The molecule has 0 aliphatic heterocycles. The van der Waals surface area contributed by atoms with Crippen LogP contribution in [0.3, 0.4) is 0 Å². The number of alkyl halides is 1. The predicted molar refractivity (Wildman–Crippen MR) is 57.1 cm³/mol. The summed E-state index contributed by atoms with van der Waals surface area (Å²) >= 11 is 5.72. The van der Waals surface area contributed by atoms with Crippen molar-refractivity contribution in [2.24, 2.45) is 0 Å². The summed E-state index contributed by atoms with van der Waals surface area (Å²) in [4.78, 5) is 4.17. The van der Waals surface area contributed by atoms with E-state index in [1.165, 1.54) is 0 Å². The molecule has 0 aliphatic carbocycles. The van der Waals surface area contributed by atoms with Gasteiger partial charge in [0.2, 0.25) is 0 Å². The summed E-state index contributed by atoms with van der Waals surface area (Å²) in [6.07, 6.45) is 1.79. The Labute approximate surface area is 89.7 Å². The van der Waals surface area contributed by atoms with Crippen molar-refractivity contribution in [2.45, 2.75) is 19.7 Å². The molecule has 1 heterocycles. The highest BCUT2D eigenvalue weighted by Gasteiger charge is 2.07. The highest BCUT2D eigenvalue weighted by molar-refractivity contribution is 6.17. The molecule has 1 aromatic rings. The van der Waals surface area contributed by atoms with Crippen LogP contribution >= 0.6 is 24.0 Å². The van der Waals surface area contributed by atoms with E-state index in [1.54, 1.807) is 13.3 Å². The first-order valence-electron chi connectivity index (χ1n) is 3.75. The van der Waals surface area contributed by atoms with E-state index in [2.05, 4.69) is 4.98 Å². The molecule has 0 spiro atoms. The van der Waals surface area contributed by atoms with E-state index in [4.69, 9.17) is 16.3 Å². The van der Waals surface area contributed by atoms with Crippen LogP contribution in [-0.4, -0.2) is 12.1 Å². The molecule has 13 heavy (non-hydrogen) atoms. The van der Waals surface area contributed by atoms with Crippen molar-refractivity contribution < 1.29 is 4.74 Å². The van der Waals surface area contributed by atoms with Gasteiger partial charge in [0.15, 0.2) is 0 Å². The number of ether oxygens (including phenoxy) is 1. The SMILES string of the molecule is COc1c(C)ncc(CCl)c1C.Cl. The van der Waals surface area contributed by atoms with Gasteiger partial charge in [-0.2, -0.15) is 0 Å². The van der Waals surface area contributed by atoms with E-state index in [9.17, 15) is 0 Å². The van der Waals surface area contributed by atoms with Crippen LogP contribution in [0.1, 0.15) is 16.8 Å². The van der Waals surface area contributed by atoms with Gasteiger partial charge in [-0.05, 0) is 25.0 Å². The van der Waals surface area contributed by atoms with Crippen molar-refractivity contribution in [3.8, 4) is 5.75 Å². The third kappa shape index (κ3) is 2.48. The summed E-state index contributed by atoms with van der Waals surface area (Å²) in [5, 5.41) is 0. The van der Waals surface area contributed by atoms with Gasteiger partial charge in [0.25, 0.3) is 0 Å². The zero-order valence-corrected chi connectivity index (χ0v) is 9.50. The van der Waals surface area contributed by atoms with Crippen molar-refractivity contribution in [1.82, 2.24) is 4.98 Å². The van der Waals surface area contributed by atoms with Crippen LogP contribution in [0.15, 0.2) is 6.20 Å². The summed E-state index contributed by atoms with van der Waals surface area (Å²) in [7, 11) is 1.65. The van der Waals surface area contributed by atoms with Crippen LogP contribution in [0, 0.1) is 13.8 Å². The molecular weight excluding hydrogens is 209 g/mol. The van der Waals surface area contributed by atoms with Gasteiger partial charge in [-0.15, -0.1) is 24.0 Å². The number of rotatable bonds is 2. The number of hydrogen-bond donors (Lipinski definition) is 0. The second kappa shape index (κ2) is 5.30. The maximum absolute atomic E-state index is 5.72. The van der Waals surface area contributed by atoms with E-state index in [0.29, 0.717) is 5.88 Å². The highest BCUT2D eigenvalue weighted by atomic mass is 35.5. The van der Waals surface area contributed by atoms with Crippen LogP contribution < -0.4 is 4.74 Å². The molecule has 1 rings (SSSR count). The lowest BCUT2D eigenvalue weighted by atomic mass is 10.1. The van der Waals surface area contributed by atoms with E-state index < -0.39 is 0 Å². The fourth-order valence-electron chi connectivity index (χ4n) is 1.18. The molecule has 0 radical (unpaired) electrons. The lowest BCUT2D eigenvalue weighted by Crippen LogP contribution is -1.97. The van der Waals surface area contributed by atoms with Crippen LogP contribution in [0.4, 0.5) is 0 Å². The summed E-state index contributed by atoms with van der Waals surface area (Å²) in [5.41, 5.74) is 3.02. The molecule has 0 N–H and O–H groups in total. The molecule has 0 aliphatic rings. The minimum Gasteiger partial charge on any atom is -0.495 e. The minimum atomic E-state index is 0. The molecule has 0 saturated carbocycles. The topological polar surface area (TPSA) is 22.1 Å². The van der Waals surface area contributed by atoms with Gasteiger partial charge < -0.3 is 4.74 Å². The molecule has 0 fully saturated rings. The van der Waals surface area contributed by atoms with Gasteiger partial charge in [0.1, 0.15) is 5.75 Å². The second-order valence-electron chi connectivity index (χ2n) is 2.66. The standard InChI is InChI=1S/C9H12ClNO.ClH/c1-6-8(4-10)5-11-7(2)9(6)12-3;/h5H,4H2,1-3H3;1H. The van der Waals surface area contributed by atoms with Crippen LogP contribution in [0.25, 0.3) is 0 Å². The summed E-state index contributed by atoms with van der Waals surface area (Å²) in [5.74, 6) is 1.32. The molecule has 0 atom stereocenters. The molecule has 0 saturated heterocycles. The molecule has 0 aromatic carbocycles. The molecule has 4 heteroatoms. The number of aromatic nitrogens is 1. The number of hydrogen-bond acceptors (Lipinski definition) is 2. The average Bonchev–Trinajstić information content (AvgIpc) is 2.06. The maximum atomic E-state index is 5.72. The predicted octanol–water partition coefficient (Wildman–Crippen LogP) is 2.87. The van der Waals surface area contributed by atoms with E-state index in [1.807, 2.05) is 13.8 Å². The molecular formula is C9H13Cl2NO. The minimum absolute atomic E-state index is 0. The Morgan fingerprint density at radius 1 is 1.46 bits per heavy atom. The zero-order valence-electron chi connectivity index (χ0n) is 7.93. The third-order valence-corrected chi connectivity index (χ3v) is 2.20. The van der Waals surface area contributed by atoms with Crippen LogP contribution in [0.2, 0.25) is 0 Å². The highest BCUT2D eigenvalue weighted by Crippen LogP contribution is 2.24. The molecule has 0 amide bonds. The first kappa shape index (κ1) is 12.5. The monoisotopic (exact) mass is 221 g/mol. The molecule has 1 aromatic heterocycles. The van der Waals surface area contributed by atoms with Crippen molar-refractivity contribution in [3.63, 3.8) is 0 Å². The van der Waals surface area contributed by atoms with Gasteiger partial charge in [0.05, 0.1) is 12.8 Å². The normalized spacial score (nSPS) is 9.23. The summed E-state index contributed by atoms with van der Waals surface area (Å²) < 4.78 is 5.20. The van der Waals surface area contributed by atoms with E-state index in [-0.39, 0.29) is 12.4 Å². The summed E-state index contributed by atoms with van der Waals surface area (Å²) in [6, 6.07) is 0. The Balaban J connectivity index is 0.00000144. The third-order valence-electron chi connectivity index (χ3n) is 1.91. The molecule has 2 nitrogen and oxygen atoms in total. The first-order chi connectivity index (χ1) is 5.70. The smallest absolute Gasteiger partial charge is 0.143 e. The Hall–Kier alpha value is -0.470. The van der Waals surface area contributed by atoms with Gasteiger partial charge in [0, 0.05) is 12.1 Å². The van der Waals surface area contributed by atoms with Crippen molar-refractivity contribution in [1.29, 1.82) is 0 Å². The fourth-order valence-corrected chi connectivity index (χ4v) is 1.45. The number of aryl methyl sites for hydroxylation is 1. The van der Waals surface area contributed by atoms with Gasteiger partial charge in [-0.3, -0.25) is 4.98 Å². The lowest BCUT2D eigenvalue weighted by molar-refractivity contribution is 0.405. The quantitative estimate of drug-likeness (QED) is 0.718. The average molecular weight is 222 g/mol. The van der Waals surface area contributed by atoms with Gasteiger partial charge >= 0.3 is 0 Å². The Morgan fingerprint density at radius 2 is 2.08 bits per heavy atom. The Morgan fingerprint density at radius 3 is 2.54 bits per heavy atom. The number of methoxy groups -OCH3 is 1. The van der Waals surface area contributed by atoms with Gasteiger partial charge in [-0.25, -0.2) is 0 Å². The number of nitrogens with zero attached hydrogens (tertiary/aromatic N) is 1. The van der Waals surface area contributed by atoms with Gasteiger partial charge in [-0.1, -0.05) is 0 Å². The largest absolute Gasteiger partial charge is 0.495 e. The van der Waals surface area contributed by atoms with Crippen molar-refractivity contribution in [3.05, 3.63) is 23.0 Å². The molecule has 0 bridgehead atoms. The second-order valence-corrected chi connectivity index (χ2v) is 2.93. The Kier molecular flexibility index (Phi) is 5.11. The molecule has 74 valence electrons. The van der Waals surface area contributed by atoms with Crippen LogP contribution in [0.5, 0.6) is 5.75 Å². The first-order valence-corrected chi connectivity index (χ1v) is 4.29. The Bertz CT molecular complexity index is 289. The van der Waals surface area contributed by atoms with Crippen molar-refractivity contribution >= 4 is 24.0 Å². The van der Waals surface area contributed by atoms with E-state index >= 15 is 0 Å². The number of pyridine rings is 1. The fraction of sp³-hybridized carbons (Fsp3) is 0.444. The van der Waals surface area contributed by atoms with Crippen LogP contribution in [-0.2, 0) is 5.88 Å². The zero-order chi connectivity index (χ0) is 9.14. The van der Waals surface area contributed by atoms with E-state index in [0.717, 1.165) is 22.6 Å². The maximum Gasteiger partial charge on any atom is 0.143 e. The summed E-state index contributed by atoms with van der Waals surface area (Å²) in [6.45, 7) is 3.91. The van der Waals surface area contributed by atoms with Crippen molar-refractivity contribution in [2.75, 3.05) is 7.11 Å².